The summed E-state index contributed by atoms with van der Waals surface area (Å²) >= 11 is 0. The smallest absolute Gasteiger partial charge is 0.230 e. The second-order valence-corrected chi connectivity index (χ2v) is 7.63. The number of anilines is 1. The Labute approximate surface area is 116 Å². The summed E-state index contributed by atoms with van der Waals surface area (Å²) in [4.78, 5) is 0. The van der Waals surface area contributed by atoms with Crippen LogP contribution >= 0.6 is 0 Å². The van der Waals surface area contributed by atoms with Gasteiger partial charge in [-0.2, -0.15) is 0 Å². The molecule has 20 heavy (non-hydrogen) atoms. The average molecular weight is 298 g/mol. The molecule has 108 valence electrons. The van der Waals surface area contributed by atoms with Crippen LogP contribution in [0.4, 0.5) is 10.3 Å². The third-order valence-electron chi connectivity index (χ3n) is 3.33. The number of nitrogens with two attached hydrogens (primary N) is 1. The first-order valence-electron chi connectivity index (χ1n) is 5.86. The standard InChI is InChI=1S/C13H15FN2O3S/c1-13(2,20(3,17)18)11-10(12(15)19-16-11)8-5-4-6-9(14)7-8/h4-7H,15H2,1-3H3. The van der Waals surface area contributed by atoms with Crippen LogP contribution in [0.25, 0.3) is 11.1 Å². The molecular formula is C13H15FN2O3S. The van der Waals surface area contributed by atoms with E-state index in [9.17, 15) is 12.8 Å². The zero-order valence-electron chi connectivity index (χ0n) is 11.3. The van der Waals surface area contributed by atoms with E-state index in [1.165, 1.54) is 32.0 Å². The van der Waals surface area contributed by atoms with Gasteiger partial charge in [-0.25, -0.2) is 12.8 Å². The lowest BCUT2D eigenvalue weighted by molar-refractivity contribution is 0.417. The van der Waals surface area contributed by atoms with Crippen LogP contribution in [0.15, 0.2) is 28.8 Å². The number of benzene rings is 1. The molecule has 0 amide bonds. The van der Waals surface area contributed by atoms with E-state index in [0.717, 1.165) is 6.26 Å². The quantitative estimate of drug-likeness (QED) is 0.940. The molecule has 0 aliphatic heterocycles. The zero-order chi connectivity index (χ0) is 15.1. The Bertz CT molecular complexity index is 751. The van der Waals surface area contributed by atoms with Crippen molar-refractivity contribution in [3.05, 3.63) is 35.8 Å². The molecule has 0 saturated heterocycles. The summed E-state index contributed by atoms with van der Waals surface area (Å²) in [6, 6.07) is 5.67. The van der Waals surface area contributed by atoms with Crippen molar-refractivity contribution < 1.29 is 17.3 Å². The number of sulfone groups is 1. The lowest BCUT2D eigenvalue weighted by atomic mass is 9.98. The summed E-state index contributed by atoms with van der Waals surface area (Å²) in [5, 5.41) is 3.76. The van der Waals surface area contributed by atoms with Crippen LogP contribution in [0.1, 0.15) is 19.5 Å². The average Bonchev–Trinajstić information content (AvgIpc) is 2.70. The molecule has 1 aromatic heterocycles. The van der Waals surface area contributed by atoms with Gasteiger partial charge in [0.1, 0.15) is 16.3 Å². The Hall–Kier alpha value is -1.89. The number of nitrogen functional groups attached to an aromatic ring is 1. The fourth-order valence-electron chi connectivity index (χ4n) is 1.81. The minimum atomic E-state index is -3.45. The monoisotopic (exact) mass is 298 g/mol. The zero-order valence-corrected chi connectivity index (χ0v) is 12.2. The van der Waals surface area contributed by atoms with E-state index in [1.807, 2.05) is 0 Å². The Kier molecular flexibility index (Phi) is 3.33. The lowest BCUT2D eigenvalue weighted by Gasteiger charge is -2.21. The second kappa shape index (κ2) is 4.59. The summed E-state index contributed by atoms with van der Waals surface area (Å²) in [7, 11) is -3.45. The van der Waals surface area contributed by atoms with Gasteiger partial charge < -0.3 is 10.3 Å². The molecule has 0 unspecified atom stereocenters. The number of rotatable bonds is 3. The molecule has 1 aromatic carbocycles. The number of hydrogen-bond acceptors (Lipinski definition) is 5. The number of hydrogen-bond donors (Lipinski definition) is 1. The first-order chi connectivity index (χ1) is 9.14. The first kappa shape index (κ1) is 14.5. The summed E-state index contributed by atoms with van der Waals surface area (Å²) in [6.07, 6.45) is 1.10. The Morgan fingerprint density at radius 3 is 2.55 bits per heavy atom. The second-order valence-electron chi connectivity index (χ2n) is 5.06. The minimum absolute atomic E-state index is 0.0395. The third-order valence-corrected chi connectivity index (χ3v) is 5.38. The molecule has 0 fully saturated rings. The lowest BCUT2D eigenvalue weighted by Crippen LogP contribution is -2.29. The van der Waals surface area contributed by atoms with Crippen molar-refractivity contribution in [1.29, 1.82) is 0 Å². The number of halogens is 1. The topological polar surface area (TPSA) is 86.2 Å². The molecule has 2 N–H and O–H groups in total. The van der Waals surface area contributed by atoms with E-state index in [1.54, 1.807) is 6.07 Å². The fraction of sp³-hybridized carbons (Fsp3) is 0.308. The van der Waals surface area contributed by atoms with Crippen molar-refractivity contribution in [2.45, 2.75) is 18.6 Å². The fourth-order valence-corrected chi connectivity index (χ4v) is 2.30. The highest BCUT2D eigenvalue weighted by Crippen LogP contribution is 2.39. The van der Waals surface area contributed by atoms with E-state index in [0.29, 0.717) is 11.1 Å². The summed E-state index contributed by atoms with van der Waals surface area (Å²) in [5.41, 5.74) is 6.62. The molecule has 2 aromatic rings. The van der Waals surface area contributed by atoms with Gasteiger partial charge in [0.15, 0.2) is 9.84 Å². The van der Waals surface area contributed by atoms with Gasteiger partial charge in [0.05, 0.1) is 5.56 Å². The van der Waals surface area contributed by atoms with Gasteiger partial charge >= 0.3 is 0 Å². The Morgan fingerprint density at radius 1 is 1.35 bits per heavy atom. The Morgan fingerprint density at radius 2 is 2.00 bits per heavy atom. The molecule has 0 aliphatic rings. The highest BCUT2D eigenvalue weighted by Gasteiger charge is 2.39. The van der Waals surface area contributed by atoms with Gasteiger partial charge in [0, 0.05) is 6.26 Å². The highest BCUT2D eigenvalue weighted by molar-refractivity contribution is 7.91. The maximum atomic E-state index is 13.3. The van der Waals surface area contributed by atoms with Gasteiger partial charge in [-0.15, -0.1) is 0 Å². The van der Waals surface area contributed by atoms with Crippen LogP contribution in [0, 0.1) is 5.82 Å². The normalized spacial score (nSPS) is 12.6. The van der Waals surface area contributed by atoms with Gasteiger partial charge in [0.25, 0.3) is 0 Å². The molecule has 0 spiro atoms. The van der Waals surface area contributed by atoms with Crippen LogP contribution in [-0.2, 0) is 14.6 Å². The highest BCUT2D eigenvalue weighted by atomic mass is 32.2. The Balaban J connectivity index is 2.71. The van der Waals surface area contributed by atoms with Gasteiger partial charge in [-0.3, -0.25) is 0 Å². The van der Waals surface area contributed by atoms with Gasteiger partial charge in [-0.1, -0.05) is 17.3 Å². The molecular weight excluding hydrogens is 283 g/mol. The third kappa shape index (κ3) is 2.29. The van der Waals surface area contributed by atoms with Crippen LogP contribution in [0.2, 0.25) is 0 Å². The predicted octanol–water partition coefficient (Wildman–Crippen LogP) is 2.34. The van der Waals surface area contributed by atoms with E-state index < -0.39 is 20.4 Å². The van der Waals surface area contributed by atoms with E-state index in [2.05, 4.69) is 5.16 Å². The van der Waals surface area contributed by atoms with Gasteiger partial charge in [-0.05, 0) is 31.5 Å². The van der Waals surface area contributed by atoms with Crippen molar-refractivity contribution in [2.24, 2.45) is 0 Å². The molecule has 0 aliphatic carbocycles. The van der Waals surface area contributed by atoms with Crippen molar-refractivity contribution in [1.82, 2.24) is 5.16 Å². The van der Waals surface area contributed by atoms with Crippen molar-refractivity contribution in [3.63, 3.8) is 0 Å². The number of nitrogens with zero attached hydrogens (tertiary/aromatic N) is 1. The molecule has 2 rings (SSSR count). The molecule has 0 atom stereocenters. The van der Waals surface area contributed by atoms with Crippen LogP contribution in [0.5, 0.6) is 0 Å². The minimum Gasteiger partial charge on any atom is -0.367 e. The molecule has 5 nitrogen and oxygen atoms in total. The molecule has 0 radical (unpaired) electrons. The van der Waals surface area contributed by atoms with E-state index >= 15 is 0 Å². The van der Waals surface area contributed by atoms with E-state index in [-0.39, 0.29) is 11.6 Å². The summed E-state index contributed by atoms with van der Waals surface area (Å²) in [6.45, 7) is 3.00. The van der Waals surface area contributed by atoms with Crippen LogP contribution in [-0.4, -0.2) is 19.8 Å². The molecule has 0 bridgehead atoms. The maximum Gasteiger partial charge on any atom is 0.230 e. The summed E-state index contributed by atoms with van der Waals surface area (Å²) < 4.78 is 40.8. The van der Waals surface area contributed by atoms with Crippen molar-refractivity contribution in [2.75, 3.05) is 12.0 Å². The largest absolute Gasteiger partial charge is 0.367 e. The van der Waals surface area contributed by atoms with Crippen LogP contribution < -0.4 is 5.73 Å². The SMILES string of the molecule is CC(C)(c1noc(N)c1-c1cccc(F)c1)S(C)(=O)=O. The molecule has 7 heteroatoms. The maximum absolute atomic E-state index is 13.3. The van der Waals surface area contributed by atoms with Crippen molar-refractivity contribution in [3.8, 4) is 11.1 Å². The first-order valence-corrected chi connectivity index (χ1v) is 7.75. The van der Waals surface area contributed by atoms with E-state index in [4.69, 9.17) is 10.3 Å². The van der Waals surface area contributed by atoms with Crippen LogP contribution in [0.3, 0.4) is 0 Å². The summed E-state index contributed by atoms with van der Waals surface area (Å²) in [5.74, 6) is -0.492. The molecule has 0 saturated carbocycles. The van der Waals surface area contributed by atoms with Gasteiger partial charge in [0.2, 0.25) is 5.88 Å². The van der Waals surface area contributed by atoms with Crippen molar-refractivity contribution >= 4 is 15.7 Å². The predicted molar refractivity (Wildman–Crippen MR) is 74.2 cm³/mol. The molecule has 1 heterocycles. The number of aromatic nitrogens is 1.